The van der Waals surface area contributed by atoms with E-state index in [4.69, 9.17) is 14.2 Å². The zero-order valence-corrected chi connectivity index (χ0v) is 9.52. The van der Waals surface area contributed by atoms with Crippen molar-refractivity contribution in [3.8, 4) is 0 Å². The van der Waals surface area contributed by atoms with Gasteiger partial charge in [0.25, 0.3) is 0 Å². The van der Waals surface area contributed by atoms with Gasteiger partial charge in [-0.05, 0) is 19.3 Å². The lowest BCUT2D eigenvalue weighted by atomic mass is 10.1. The van der Waals surface area contributed by atoms with Crippen LogP contribution >= 0.6 is 0 Å². The van der Waals surface area contributed by atoms with Crippen molar-refractivity contribution in [3.63, 3.8) is 0 Å². The van der Waals surface area contributed by atoms with Crippen molar-refractivity contribution < 1.29 is 19.0 Å². The zero-order chi connectivity index (χ0) is 11.8. The van der Waals surface area contributed by atoms with Gasteiger partial charge in [-0.2, -0.15) is 0 Å². The number of carbonyl (C=O) groups is 1. The summed E-state index contributed by atoms with van der Waals surface area (Å²) in [7, 11) is 0. The highest BCUT2D eigenvalue weighted by atomic mass is 16.6. The first-order valence-electron chi connectivity index (χ1n) is 5.58. The summed E-state index contributed by atoms with van der Waals surface area (Å²) in [5.74, 6) is -0.376. The summed E-state index contributed by atoms with van der Waals surface area (Å²) in [5.41, 5.74) is 0. The molecule has 2 atom stereocenters. The largest absolute Gasteiger partial charge is 0.463 e. The number of hydrogen-bond donors (Lipinski definition) is 0. The molecule has 0 aromatic rings. The van der Waals surface area contributed by atoms with Crippen LogP contribution in [0.1, 0.15) is 19.3 Å². The minimum Gasteiger partial charge on any atom is -0.463 e. The second kappa shape index (κ2) is 7.41. The lowest BCUT2D eigenvalue weighted by molar-refractivity contribution is -0.138. The second-order valence-corrected chi connectivity index (χ2v) is 3.71. The first-order chi connectivity index (χ1) is 7.76. The van der Waals surface area contributed by atoms with Crippen molar-refractivity contribution in [1.29, 1.82) is 0 Å². The van der Waals surface area contributed by atoms with E-state index in [-0.39, 0.29) is 18.2 Å². The van der Waals surface area contributed by atoms with E-state index in [1.54, 1.807) is 0 Å². The van der Waals surface area contributed by atoms with Crippen molar-refractivity contribution in [3.05, 3.63) is 19.6 Å². The fraction of sp³-hybridized carbons (Fsp3) is 0.667. The number of ether oxygens (including phenoxy) is 3. The molecule has 0 aromatic carbocycles. The molecule has 2 unspecified atom stereocenters. The van der Waals surface area contributed by atoms with Gasteiger partial charge >= 0.3 is 5.97 Å². The number of epoxide rings is 1. The smallest absolute Gasteiger partial charge is 0.330 e. The molecule has 1 aliphatic rings. The van der Waals surface area contributed by atoms with Crippen molar-refractivity contribution in [1.82, 2.24) is 0 Å². The minimum absolute atomic E-state index is 0.131. The predicted molar refractivity (Wildman–Crippen MR) is 59.8 cm³/mol. The van der Waals surface area contributed by atoms with Gasteiger partial charge in [-0.1, -0.05) is 13.5 Å². The van der Waals surface area contributed by atoms with Gasteiger partial charge in [0.1, 0.15) is 6.10 Å². The topological polar surface area (TPSA) is 48.1 Å². The molecule has 91 valence electrons. The number of carbonyl (C=O) groups excluding carboxylic acids is 1. The van der Waals surface area contributed by atoms with Crippen molar-refractivity contribution in [2.75, 3.05) is 19.8 Å². The fourth-order valence-electron chi connectivity index (χ4n) is 1.26. The maximum absolute atomic E-state index is 10.7. The van der Waals surface area contributed by atoms with Crippen LogP contribution in [-0.4, -0.2) is 38.0 Å². The highest BCUT2D eigenvalue weighted by molar-refractivity contribution is 5.81. The second-order valence-electron chi connectivity index (χ2n) is 3.71. The molecule has 1 rings (SSSR count). The molecular formula is C12H19O4. The molecule has 4 heteroatoms. The average molecular weight is 227 g/mol. The number of hydrogen-bond acceptors (Lipinski definition) is 4. The van der Waals surface area contributed by atoms with Gasteiger partial charge in [0.15, 0.2) is 0 Å². The normalized spacial score (nSPS) is 20.2. The van der Waals surface area contributed by atoms with Crippen LogP contribution < -0.4 is 0 Å². The summed E-state index contributed by atoms with van der Waals surface area (Å²) in [6.45, 7) is 9.01. The highest BCUT2D eigenvalue weighted by Crippen LogP contribution is 2.13. The van der Waals surface area contributed by atoms with E-state index >= 15 is 0 Å². The molecular weight excluding hydrogens is 208 g/mol. The Bertz CT molecular complexity index is 223. The first kappa shape index (κ1) is 13.2. The van der Waals surface area contributed by atoms with Gasteiger partial charge in [0, 0.05) is 6.08 Å². The van der Waals surface area contributed by atoms with Crippen LogP contribution in [-0.2, 0) is 19.0 Å². The SMILES string of the molecule is [CH2]CC(CCCOC(=O)C=C)OCC1CO1. The summed E-state index contributed by atoms with van der Waals surface area (Å²) < 4.78 is 15.5. The summed E-state index contributed by atoms with van der Waals surface area (Å²) in [6.07, 6.45) is 3.94. The van der Waals surface area contributed by atoms with E-state index in [2.05, 4.69) is 13.5 Å². The molecule has 0 spiro atoms. The van der Waals surface area contributed by atoms with Gasteiger partial charge in [0.2, 0.25) is 0 Å². The third-order valence-electron chi connectivity index (χ3n) is 2.32. The highest BCUT2D eigenvalue weighted by Gasteiger charge is 2.23. The molecule has 1 aliphatic heterocycles. The average Bonchev–Trinajstić information content (AvgIpc) is 3.11. The van der Waals surface area contributed by atoms with E-state index < -0.39 is 0 Å². The van der Waals surface area contributed by atoms with Crippen LogP contribution in [0, 0.1) is 6.92 Å². The van der Waals surface area contributed by atoms with E-state index in [1.807, 2.05) is 0 Å². The predicted octanol–water partition coefficient (Wildman–Crippen LogP) is 1.50. The Hall–Kier alpha value is -0.870. The molecule has 1 heterocycles. The van der Waals surface area contributed by atoms with Crippen LogP contribution in [0.4, 0.5) is 0 Å². The molecule has 0 N–H and O–H groups in total. The number of esters is 1. The van der Waals surface area contributed by atoms with Crippen LogP contribution in [0.2, 0.25) is 0 Å². The molecule has 0 amide bonds. The van der Waals surface area contributed by atoms with Crippen molar-refractivity contribution >= 4 is 5.97 Å². The Morgan fingerprint density at radius 3 is 2.94 bits per heavy atom. The van der Waals surface area contributed by atoms with E-state index in [1.165, 1.54) is 6.08 Å². The molecule has 16 heavy (non-hydrogen) atoms. The Balaban J connectivity index is 1.98. The quantitative estimate of drug-likeness (QED) is 0.259. The lowest BCUT2D eigenvalue weighted by Crippen LogP contribution is -2.16. The number of rotatable bonds is 9. The van der Waals surface area contributed by atoms with Gasteiger partial charge in [0.05, 0.1) is 25.9 Å². The lowest BCUT2D eigenvalue weighted by Gasteiger charge is -2.14. The standard InChI is InChI=1S/C12H19O4/c1-3-10(15-8-11-9-16-11)6-5-7-14-12(13)4-2/h4,10-11H,1-3,5-9H2. The summed E-state index contributed by atoms with van der Waals surface area (Å²) in [6, 6.07) is 0. The Morgan fingerprint density at radius 1 is 1.62 bits per heavy atom. The molecule has 0 saturated carbocycles. The van der Waals surface area contributed by atoms with E-state index in [0.29, 0.717) is 13.2 Å². The summed E-state index contributed by atoms with van der Waals surface area (Å²) >= 11 is 0. The van der Waals surface area contributed by atoms with E-state index in [0.717, 1.165) is 25.9 Å². The van der Waals surface area contributed by atoms with Crippen LogP contribution in [0.25, 0.3) is 0 Å². The minimum atomic E-state index is -0.376. The Kier molecular flexibility index (Phi) is 6.11. The molecule has 0 bridgehead atoms. The van der Waals surface area contributed by atoms with Crippen LogP contribution in [0.5, 0.6) is 0 Å². The molecule has 1 fully saturated rings. The van der Waals surface area contributed by atoms with Gasteiger partial charge in [-0.15, -0.1) is 0 Å². The summed E-state index contributed by atoms with van der Waals surface area (Å²) in [5, 5.41) is 0. The van der Waals surface area contributed by atoms with Crippen LogP contribution in [0.3, 0.4) is 0 Å². The molecule has 1 radical (unpaired) electrons. The molecule has 0 aliphatic carbocycles. The van der Waals surface area contributed by atoms with E-state index in [9.17, 15) is 4.79 Å². The first-order valence-corrected chi connectivity index (χ1v) is 5.58. The third-order valence-corrected chi connectivity index (χ3v) is 2.32. The van der Waals surface area contributed by atoms with Crippen molar-refractivity contribution in [2.24, 2.45) is 0 Å². The van der Waals surface area contributed by atoms with Crippen molar-refractivity contribution in [2.45, 2.75) is 31.5 Å². The zero-order valence-electron chi connectivity index (χ0n) is 9.52. The molecule has 0 aromatic heterocycles. The fourth-order valence-corrected chi connectivity index (χ4v) is 1.26. The van der Waals surface area contributed by atoms with Gasteiger partial charge in [-0.3, -0.25) is 0 Å². The van der Waals surface area contributed by atoms with Gasteiger partial charge < -0.3 is 14.2 Å². The maximum atomic E-state index is 10.7. The third kappa shape index (κ3) is 5.88. The Morgan fingerprint density at radius 2 is 2.38 bits per heavy atom. The monoisotopic (exact) mass is 227 g/mol. The maximum Gasteiger partial charge on any atom is 0.330 e. The summed E-state index contributed by atoms with van der Waals surface area (Å²) in [4.78, 5) is 10.7. The molecule has 4 nitrogen and oxygen atoms in total. The Labute approximate surface area is 96.6 Å². The molecule has 1 saturated heterocycles. The van der Waals surface area contributed by atoms with Crippen LogP contribution in [0.15, 0.2) is 12.7 Å². The van der Waals surface area contributed by atoms with Gasteiger partial charge in [-0.25, -0.2) is 4.79 Å².